The monoisotopic (exact) mass is 297 g/mol. The van der Waals surface area contributed by atoms with E-state index in [9.17, 15) is 0 Å². The fourth-order valence-electron chi connectivity index (χ4n) is 2.94. The van der Waals surface area contributed by atoms with Crippen LogP contribution in [0.3, 0.4) is 0 Å². The van der Waals surface area contributed by atoms with Crippen LogP contribution in [0.1, 0.15) is 43.3 Å². The van der Waals surface area contributed by atoms with Crippen molar-refractivity contribution in [1.82, 2.24) is 10.3 Å². The highest BCUT2D eigenvalue weighted by Crippen LogP contribution is 2.32. The number of anilines is 1. The molecule has 1 fully saturated rings. The molecule has 1 aliphatic heterocycles. The first-order valence-corrected chi connectivity index (χ1v) is 8.42. The zero-order valence-electron chi connectivity index (χ0n) is 13.1. The lowest BCUT2D eigenvalue weighted by Crippen LogP contribution is -2.37. The third-order valence-electron chi connectivity index (χ3n) is 3.92. The predicted octanol–water partition coefficient (Wildman–Crippen LogP) is 2.98. The van der Waals surface area contributed by atoms with Crippen LogP contribution in [0.2, 0.25) is 0 Å². The van der Waals surface area contributed by atoms with Crippen LogP contribution in [0.4, 0.5) is 5.13 Å². The van der Waals surface area contributed by atoms with Gasteiger partial charge in [-0.15, -0.1) is 11.3 Å². The van der Waals surface area contributed by atoms with E-state index in [1.807, 2.05) is 11.3 Å². The summed E-state index contributed by atoms with van der Waals surface area (Å²) in [6.07, 6.45) is 2.51. The minimum Gasteiger partial charge on any atom is -0.384 e. The van der Waals surface area contributed by atoms with Crippen LogP contribution in [-0.2, 0) is 4.74 Å². The highest BCUT2D eigenvalue weighted by Gasteiger charge is 2.23. The number of piperidine rings is 1. The van der Waals surface area contributed by atoms with Crippen molar-refractivity contribution in [2.75, 3.05) is 38.3 Å². The molecule has 5 heteroatoms. The fraction of sp³-hybridized carbons (Fsp3) is 0.800. The van der Waals surface area contributed by atoms with E-state index in [0.29, 0.717) is 12.0 Å². The number of aryl methyl sites for hydroxylation is 1. The molecule has 1 aromatic heterocycles. The van der Waals surface area contributed by atoms with Gasteiger partial charge in [0.25, 0.3) is 0 Å². The maximum atomic E-state index is 5.31. The molecule has 1 aromatic rings. The first-order valence-electron chi connectivity index (χ1n) is 7.60. The third-order valence-corrected chi connectivity index (χ3v) is 5.32. The van der Waals surface area contributed by atoms with Crippen molar-refractivity contribution < 1.29 is 4.74 Å². The summed E-state index contributed by atoms with van der Waals surface area (Å²) in [5.74, 6) is 0.646. The Morgan fingerprint density at radius 2 is 2.35 bits per heavy atom. The van der Waals surface area contributed by atoms with Gasteiger partial charge < -0.3 is 15.0 Å². The molecule has 2 heterocycles. The Morgan fingerprint density at radius 3 is 3.05 bits per heavy atom. The van der Waals surface area contributed by atoms with Crippen molar-refractivity contribution >= 4 is 16.5 Å². The maximum absolute atomic E-state index is 5.31. The summed E-state index contributed by atoms with van der Waals surface area (Å²) >= 11 is 1.85. The standard InChI is InChI=1S/C15H27N3OS/c1-5-16-11(2)14-12(3)17-15(20-14)18-8-6-7-13(9-18)10-19-4/h11,13,16H,5-10H2,1-4H3. The third kappa shape index (κ3) is 3.71. The smallest absolute Gasteiger partial charge is 0.185 e. The summed E-state index contributed by atoms with van der Waals surface area (Å²) in [5.41, 5.74) is 1.17. The summed E-state index contributed by atoms with van der Waals surface area (Å²) in [5, 5.41) is 4.66. The summed E-state index contributed by atoms with van der Waals surface area (Å²) in [6.45, 7) is 10.6. The molecule has 0 spiro atoms. The number of rotatable bonds is 6. The molecule has 1 N–H and O–H groups in total. The molecule has 2 unspecified atom stereocenters. The largest absolute Gasteiger partial charge is 0.384 e. The Hall–Kier alpha value is -0.650. The van der Waals surface area contributed by atoms with E-state index in [1.54, 1.807) is 7.11 Å². The van der Waals surface area contributed by atoms with Gasteiger partial charge in [0, 0.05) is 31.1 Å². The van der Waals surface area contributed by atoms with Crippen LogP contribution in [-0.4, -0.2) is 38.3 Å². The Morgan fingerprint density at radius 1 is 1.55 bits per heavy atom. The van der Waals surface area contributed by atoms with Crippen LogP contribution < -0.4 is 10.2 Å². The summed E-state index contributed by atoms with van der Waals surface area (Å²) in [4.78, 5) is 8.60. The first kappa shape index (κ1) is 15.7. The van der Waals surface area contributed by atoms with Crippen molar-refractivity contribution in [3.05, 3.63) is 10.6 Å². The average molecular weight is 297 g/mol. The topological polar surface area (TPSA) is 37.4 Å². The average Bonchev–Trinajstić information content (AvgIpc) is 2.82. The van der Waals surface area contributed by atoms with Crippen molar-refractivity contribution in [1.29, 1.82) is 0 Å². The van der Waals surface area contributed by atoms with E-state index in [1.165, 1.54) is 28.5 Å². The molecule has 20 heavy (non-hydrogen) atoms. The highest BCUT2D eigenvalue weighted by atomic mass is 32.1. The molecule has 0 aliphatic carbocycles. The van der Waals surface area contributed by atoms with Gasteiger partial charge in [0.2, 0.25) is 0 Å². The summed E-state index contributed by atoms with van der Waals surface area (Å²) in [6, 6.07) is 0.394. The molecule has 2 rings (SSSR count). The fourth-order valence-corrected chi connectivity index (χ4v) is 4.07. The van der Waals surface area contributed by atoms with Crippen LogP contribution >= 0.6 is 11.3 Å². The SMILES string of the molecule is CCNC(C)c1sc(N2CCCC(COC)C2)nc1C. The summed E-state index contributed by atoms with van der Waals surface area (Å²) < 4.78 is 5.31. The quantitative estimate of drug-likeness (QED) is 0.876. The number of ether oxygens (including phenoxy) is 1. The minimum atomic E-state index is 0.394. The van der Waals surface area contributed by atoms with Crippen molar-refractivity contribution in [2.45, 2.75) is 39.7 Å². The van der Waals surface area contributed by atoms with Crippen LogP contribution in [0.5, 0.6) is 0 Å². The summed E-state index contributed by atoms with van der Waals surface area (Å²) in [7, 11) is 1.79. The number of nitrogens with zero attached hydrogens (tertiary/aromatic N) is 2. The zero-order chi connectivity index (χ0) is 14.5. The van der Waals surface area contributed by atoms with E-state index in [0.717, 1.165) is 26.2 Å². The van der Waals surface area contributed by atoms with Gasteiger partial charge in [-0.3, -0.25) is 0 Å². The molecule has 0 bridgehead atoms. The first-order chi connectivity index (χ1) is 9.65. The van der Waals surface area contributed by atoms with Gasteiger partial charge in [0.15, 0.2) is 5.13 Å². The van der Waals surface area contributed by atoms with Crippen LogP contribution in [0, 0.1) is 12.8 Å². The van der Waals surface area contributed by atoms with Crippen molar-refractivity contribution in [3.8, 4) is 0 Å². The minimum absolute atomic E-state index is 0.394. The number of methoxy groups -OCH3 is 1. The Labute approximate surface area is 126 Å². The molecule has 114 valence electrons. The van der Waals surface area contributed by atoms with Gasteiger partial charge in [-0.2, -0.15) is 0 Å². The lowest BCUT2D eigenvalue weighted by Gasteiger charge is -2.32. The molecule has 0 radical (unpaired) electrons. The Bertz CT molecular complexity index is 419. The van der Waals surface area contributed by atoms with Crippen molar-refractivity contribution in [3.63, 3.8) is 0 Å². The highest BCUT2D eigenvalue weighted by molar-refractivity contribution is 7.15. The van der Waals surface area contributed by atoms with Gasteiger partial charge >= 0.3 is 0 Å². The van der Waals surface area contributed by atoms with E-state index in [4.69, 9.17) is 9.72 Å². The molecule has 0 aromatic carbocycles. The molecular weight excluding hydrogens is 270 g/mol. The maximum Gasteiger partial charge on any atom is 0.185 e. The zero-order valence-corrected chi connectivity index (χ0v) is 13.9. The normalized spacial score (nSPS) is 21.2. The molecule has 0 amide bonds. The van der Waals surface area contributed by atoms with Gasteiger partial charge in [-0.05, 0) is 39.2 Å². The Kier molecular flexibility index (Phi) is 5.81. The van der Waals surface area contributed by atoms with E-state index in [2.05, 4.69) is 31.0 Å². The molecular formula is C15H27N3OS. The lowest BCUT2D eigenvalue weighted by atomic mass is 9.99. The number of aromatic nitrogens is 1. The van der Waals surface area contributed by atoms with E-state index >= 15 is 0 Å². The Balaban J connectivity index is 2.07. The van der Waals surface area contributed by atoms with Gasteiger partial charge in [0.05, 0.1) is 12.3 Å². The van der Waals surface area contributed by atoms with Crippen LogP contribution in [0.15, 0.2) is 0 Å². The number of hydrogen-bond acceptors (Lipinski definition) is 5. The van der Waals surface area contributed by atoms with Gasteiger partial charge in [-0.1, -0.05) is 6.92 Å². The number of thiazole rings is 1. The molecule has 2 atom stereocenters. The van der Waals surface area contributed by atoms with Gasteiger partial charge in [-0.25, -0.2) is 4.98 Å². The molecule has 1 saturated heterocycles. The second-order valence-electron chi connectivity index (χ2n) is 5.64. The molecule has 4 nitrogen and oxygen atoms in total. The molecule has 1 aliphatic rings. The van der Waals surface area contributed by atoms with Crippen molar-refractivity contribution in [2.24, 2.45) is 5.92 Å². The number of hydrogen-bond donors (Lipinski definition) is 1. The second-order valence-corrected chi connectivity index (χ2v) is 6.64. The number of nitrogens with one attached hydrogen (secondary N) is 1. The van der Waals surface area contributed by atoms with Gasteiger partial charge in [0.1, 0.15) is 0 Å². The van der Waals surface area contributed by atoms with E-state index in [-0.39, 0.29) is 0 Å². The second kappa shape index (κ2) is 7.38. The lowest BCUT2D eigenvalue weighted by molar-refractivity contribution is 0.143. The molecule has 0 saturated carbocycles. The predicted molar refractivity (Wildman–Crippen MR) is 85.8 cm³/mol. The van der Waals surface area contributed by atoms with Crippen LogP contribution in [0.25, 0.3) is 0 Å². The van der Waals surface area contributed by atoms with E-state index < -0.39 is 0 Å².